The molecule has 0 radical (unpaired) electrons. The van der Waals surface area contributed by atoms with E-state index in [0.717, 1.165) is 0 Å². The molecule has 1 aromatic heterocycles. The van der Waals surface area contributed by atoms with Gasteiger partial charge in [0.05, 0.1) is 25.7 Å². The summed E-state index contributed by atoms with van der Waals surface area (Å²) < 4.78 is 15.9. The molecule has 0 aliphatic heterocycles. The zero-order valence-corrected chi connectivity index (χ0v) is 13.6. The Labute approximate surface area is 126 Å². The lowest BCUT2D eigenvalue weighted by molar-refractivity contribution is 0.0163. The zero-order valence-electron chi connectivity index (χ0n) is 13.6. The zero-order chi connectivity index (χ0) is 16.0. The molecule has 118 valence electrons. The van der Waals surface area contributed by atoms with E-state index >= 15 is 0 Å². The Bertz CT molecular complexity index is 459. The minimum absolute atomic E-state index is 0.00798. The van der Waals surface area contributed by atoms with Crippen molar-refractivity contribution in [2.45, 2.75) is 39.3 Å². The number of methoxy groups -OCH3 is 1. The third-order valence-corrected chi connectivity index (χ3v) is 2.95. The topological polar surface area (TPSA) is 51.9 Å². The number of furan rings is 1. The van der Waals surface area contributed by atoms with Gasteiger partial charge in [-0.05, 0) is 39.0 Å². The van der Waals surface area contributed by atoms with Crippen molar-refractivity contribution in [2.24, 2.45) is 5.92 Å². The molecular weight excluding hydrogens is 270 g/mol. The van der Waals surface area contributed by atoms with E-state index in [2.05, 4.69) is 0 Å². The van der Waals surface area contributed by atoms with Gasteiger partial charge in [0.2, 0.25) is 0 Å². The number of carbonyl (C=O) groups is 1. The SMILES string of the molecule is CO/C=C/[C@@H](C)[C@@H](c1ccco1)N(C)C(=O)OC(C)(C)C. The van der Waals surface area contributed by atoms with Gasteiger partial charge < -0.3 is 18.8 Å². The molecule has 21 heavy (non-hydrogen) atoms. The van der Waals surface area contributed by atoms with Crippen molar-refractivity contribution in [1.82, 2.24) is 4.90 Å². The molecule has 1 heterocycles. The van der Waals surface area contributed by atoms with Gasteiger partial charge in [-0.2, -0.15) is 0 Å². The summed E-state index contributed by atoms with van der Waals surface area (Å²) >= 11 is 0. The summed E-state index contributed by atoms with van der Waals surface area (Å²) in [6, 6.07) is 3.39. The summed E-state index contributed by atoms with van der Waals surface area (Å²) in [5.41, 5.74) is -0.537. The summed E-state index contributed by atoms with van der Waals surface area (Å²) in [5, 5.41) is 0. The predicted octanol–water partition coefficient (Wildman–Crippen LogP) is 3.98. The van der Waals surface area contributed by atoms with Crippen molar-refractivity contribution in [3.63, 3.8) is 0 Å². The Hall–Kier alpha value is -1.91. The molecule has 1 aromatic rings. The highest BCUT2D eigenvalue weighted by molar-refractivity contribution is 5.68. The number of nitrogens with zero attached hydrogens (tertiary/aromatic N) is 1. The summed E-state index contributed by atoms with van der Waals surface area (Å²) in [6.07, 6.45) is 4.69. The fraction of sp³-hybridized carbons (Fsp3) is 0.562. The van der Waals surface area contributed by atoms with Crippen LogP contribution in [0.1, 0.15) is 39.5 Å². The van der Waals surface area contributed by atoms with Gasteiger partial charge in [-0.1, -0.05) is 6.92 Å². The second-order valence-corrected chi connectivity index (χ2v) is 5.97. The monoisotopic (exact) mass is 295 g/mol. The van der Waals surface area contributed by atoms with Crippen LogP contribution in [0.25, 0.3) is 0 Å². The molecular formula is C16H25NO4. The predicted molar refractivity (Wildman–Crippen MR) is 80.8 cm³/mol. The molecule has 5 heteroatoms. The normalized spacial score (nSPS) is 14.8. The Kier molecular flexibility index (Phi) is 5.88. The lowest BCUT2D eigenvalue weighted by atomic mass is 9.98. The number of ether oxygens (including phenoxy) is 2. The molecule has 0 bridgehead atoms. The van der Waals surface area contributed by atoms with Gasteiger partial charge >= 0.3 is 6.09 Å². The first-order valence-electron chi connectivity index (χ1n) is 6.95. The largest absolute Gasteiger partial charge is 0.505 e. The van der Waals surface area contributed by atoms with Crippen LogP contribution in [0.5, 0.6) is 0 Å². The lowest BCUT2D eigenvalue weighted by Crippen LogP contribution is -2.38. The minimum atomic E-state index is -0.537. The second kappa shape index (κ2) is 7.20. The van der Waals surface area contributed by atoms with Crippen LogP contribution in [-0.4, -0.2) is 30.8 Å². The Balaban J connectivity index is 2.96. The lowest BCUT2D eigenvalue weighted by Gasteiger charge is -2.32. The standard InChI is InChI=1S/C16H25NO4/c1-12(9-11-19-6)14(13-8-7-10-20-13)17(5)15(18)21-16(2,3)4/h7-12,14H,1-6H3/b11-9+/t12-,14+/m1/s1. The van der Waals surface area contributed by atoms with Gasteiger partial charge in [0.15, 0.2) is 0 Å². The molecule has 0 spiro atoms. The summed E-state index contributed by atoms with van der Waals surface area (Å²) in [4.78, 5) is 13.8. The maximum absolute atomic E-state index is 12.3. The molecule has 0 N–H and O–H groups in total. The van der Waals surface area contributed by atoms with E-state index in [-0.39, 0.29) is 18.1 Å². The van der Waals surface area contributed by atoms with E-state index < -0.39 is 5.60 Å². The van der Waals surface area contributed by atoms with Crippen molar-refractivity contribution in [3.05, 3.63) is 36.5 Å². The van der Waals surface area contributed by atoms with Crippen LogP contribution >= 0.6 is 0 Å². The van der Waals surface area contributed by atoms with E-state index in [4.69, 9.17) is 13.9 Å². The summed E-state index contributed by atoms with van der Waals surface area (Å²) in [5.74, 6) is 0.713. The van der Waals surface area contributed by atoms with Crippen molar-refractivity contribution < 1.29 is 18.7 Å². The number of hydrogen-bond acceptors (Lipinski definition) is 4. The van der Waals surface area contributed by atoms with Crippen LogP contribution in [0.3, 0.4) is 0 Å². The van der Waals surface area contributed by atoms with Gasteiger partial charge in [0.25, 0.3) is 0 Å². The Morgan fingerprint density at radius 3 is 2.57 bits per heavy atom. The van der Waals surface area contributed by atoms with Crippen LogP contribution in [0.15, 0.2) is 35.2 Å². The molecule has 0 aliphatic carbocycles. The average molecular weight is 295 g/mol. The van der Waals surface area contributed by atoms with Crippen molar-refractivity contribution in [3.8, 4) is 0 Å². The van der Waals surface area contributed by atoms with Crippen LogP contribution in [-0.2, 0) is 9.47 Å². The van der Waals surface area contributed by atoms with Gasteiger partial charge in [-0.3, -0.25) is 0 Å². The third kappa shape index (κ3) is 5.17. The third-order valence-electron chi connectivity index (χ3n) is 2.95. The first-order valence-corrected chi connectivity index (χ1v) is 6.95. The van der Waals surface area contributed by atoms with E-state index in [1.807, 2.05) is 39.8 Å². The first kappa shape index (κ1) is 17.1. The fourth-order valence-electron chi connectivity index (χ4n) is 2.02. The molecule has 0 saturated heterocycles. The number of carbonyl (C=O) groups excluding carboxylic acids is 1. The molecule has 0 aromatic carbocycles. The van der Waals surface area contributed by atoms with Crippen LogP contribution in [0, 0.1) is 5.92 Å². The van der Waals surface area contributed by atoms with E-state index in [1.54, 1.807) is 37.6 Å². The molecule has 0 fully saturated rings. The molecule has 0 unspecified atom stereocenters. The summed E-state index contributed by atoms with van der Waals surface area (Å²) in [6.45, 7) is 7.52. The average Bonchev–Trinajstić information content (AvgIpc) is 2.88. The maximum atomic E-state index is 12.3. The minimum Gasteiger partial charge on any atom is -0.505 e. The smallest absolute Gasteiger partial charge is 0.410 e. The van der Waals surface area contributed by atoms with Crippen LogP contribution in [0.4, 0.5) is 4.79 Å². The molecule has 2 atom stereocenters. The molecule has 1 rings (SSSR count). The second-order valence-electron chi connectivity index (χ2n) is 5.97. The van der Waals surface area contributed by atoms with E-state index in [1.165, 1.54) is 0 Å². The van der Waals surface area contributed by atoms with Crippen molar-refractivity contribution >= 4 is 6.09 Å². The number of rotatable bonds is 5. The van der Waals surface area contributed by atoms with Gasteiger partial charge in [-0.15, -0.1) is 0 Å². The highest BCUT2D eigenvalue weighted by atomic mass is 16.6. The Morgan fingerprint density at radius 1 is 1.43 bits per heavy atom. The highest BCUT2D eigenvalue weighted by Gasteiger charge is 2.31. The van der Waals surface area contributed by atoms with Gasteiger partial charge in [0, 0.05) is 13.0 Å². The van der Waals surface area contributed by atoms with Crippen LogP contribution in [0.2, 0.25) is 0 Å². The Morgan fingerprint density at radius 2 is 2.10 bits per heavy atom. The quantitative estimate of drug-likeness (QED) is 0.771. The van der Waals surface area contributed by atoms with E-state index in [0.29, 0.717) is 5.76 Å². The van der Waals surface area contributed by atoms with Gasteiger partial charge in [0.1, 0.15) is 11.4 Å². The van der Waals surface area contributed by atoms with Crippen LogP contribution < -0.4 is 0 Å². The van der Waals surface area contributed by atoms with Gasteiger partial charge in [-0.25, -0.2) is 4.79 Å². The van der Waals surface area contributed by atoms with E-state index in [9.17, 15) is 4.79 Å². The first-order chi connectivity index (χ1) is 9.76. The molecule has 0 saturated carbocycles. The maximum Gasteiger partial charge on any atom is 0.410 e. The molecule has 1 amide bonds. The fourth-order valence-corrected chi connectivity index (χ4v) is 2.02. The summed E-state index contributed by atoms with van der Waals surface area (Å²) in [7, 11) is 3.29. The van der Waals surface area contributed by atoms with Crippen molar-refractivity contribution in [2.75, 3.05) is 14.2 Å². The molecule has 5 nitrogen and oxygen atoms in total. The highest BCUT2D eigenvalue weighted by Crippen LogP contribution is 2.30. The van der Waals surface area contributed by atoms with Crippen molar-refractivity contribution in [1.29, 1.82) is 0 Å². The number of amides is 1. The number of hydrogen-bond donors (Lipinski definition) is 0. The molecule has 0 aliphatic rings.